The molecule has 2 amide bonds. The monoisotopic (exact) mass is 233 g/mol. The van der Waals surface area contributed by atoms with Gasteiger partial charge in [-0.15, -0.1) is 0 Å². The third kappa shape index (κ3) is 2.25. The van der Waals surface area contributed by atoms with Crippen LogP contribution in [0.5, 0.6) is 5.75 Å². The summed E-state index contributed by atoms with van der Waals surface area (Å²) >= 11 is 0. The number of aromatic hydroxyl groups is 1. The van der Waals surface area contributed by atoms with Gasteiger partial charge < -0.3 is 10.0 Å². The summed E-state index contributed by atoms with van der Waals surface area (Å²) in [6.07, 6.45) is 0. The molecule has 0 aliphatic carbocycles. The van der Waals surface area contributed by atoms with Crippen LogP contribution in [0.2, 0.25) is 0 Å². The fraction of sp³-hybridized carbons (Fsp3) is 0.182. The number of guanidine groups is 1. The van der Waals surface area contributed by atoms with Crippen LogP contribution in [0.3, 0.4) is 0 Å². The van der Waals surface area contributed by atoms with E-state index in [0.29, 0.717) is 0 Å². The molecule has 0 unspecified atom stereocenters. The van der Waals surface area contributed by atoms with Gasteiger partial charge in [0.2, 0.25) is 11.9 Å². The van der Waals surface area contributed by atoms with Gasteiger partial charge in [-0.1, -0.05) is 12.1 Å². The number of phenolic OH excluding ortho intramolecular Hbond substituents is 1. The molecule has 0 saturated carbocycles. The molecule has 0 atom stereocenters. The number of benzene rings is 1. The van der Waals surface area contributed by atoms with Crippen LogP contribution >= 0.6 is 0 Å². The van der Waals surface area contributed by atoms with Crippen molar-refractivity contribution in [1.82, 2.24) is 10.2 Å². The van der Waals surface area contributed by atoms with E-state index in [-0.39, 0.29) is 29.7 Å². The Morgan fingerprint density at radius 2 is 2.18 bits per heavy atom. The van der Waals surface area contributed by atoms with Crippen LogP contribution in [0.1, 0.15) is 10.4 Å². The molecule has 1 aromatic rings. The highest BCUT2D eigenvalue weighted by Gasteiger charge is 2.23. The lowest BCUT2D eigenvalue weighted by molar-refractivity contribution is -0.118. The summed E-state index contributed by atoms with van der Waals surface area (Å²) in [5.41, 5.74) is 0.106. The first-order valence-electron chi connectivity index (χ1n) is 5.00. The van der Waals surface area contributed by atoms with E-state index >= 15 is 0 Å². The zero-order chi connectivity index (χ0) is 12.4. The summed E-state index contributed by atoms with van der Waals surface area (Å²) in [6.45, 7) is 0.173. The van der Waals surface area contributed by atoms with E-state index < -0.39 is 5.91 Å². The normalized spacial score (nSPS) is 17.4. The highest BCUT2D eigenvalue weighted by molar-refractivity contribution is 6.11. The molecule has 1 aliphatic heterocycles. The number of phenols is 1. The Balaban J connectivity index is 2.25. The highest BCUT2D eigenvalue weighted by atomic mass is 16.3. The minimum atomic E-state index is -0.591. The molecule has 17 heavy (non-hydrogen) atoms. The summed E-state index contributed by atoms with van der Waals surface area (Å²) in [7, 11) is 1.65. The molecule has 2 N–H and O–H groups in total. The van der Waals surface area contributed by atoms with Crippen LogP contribution in [0, 0.1) is 0 Å². The molecule has 0 radical (unpaired) electrons. The predicted octanol–water partition coefficient (Wildman–Crippen LogP) is -0.0500. The maximum absolute atomic E-state index is 11.7. The van der Waals surface area contributed by atoms with E-state index in [1.54, 1.807) is 19.2 Å². The van der Waals surface area contributed by atoms with Gasteiger partial charge in [0.25, 0.3) is 5.91 Å². The third-order valence-corrected chi connectivity index (χ3v) is 2.34. The number of carbonyl (C=O) groups excluding carboxylic acids is 2. The number of likely N-dealkylation sites (N-methyl/N-ethyl adjacent to an activating group) is 1. The topological polar surface area (TPSA) is 82.0 Å². The Morgan fingerprint density at radius 1 is 1.47 bits per heavy atom. The fourth-order valence-corrected chi connectivity index (χ4v) is 1.47. The van der Waals surface area contributed by atoms with Gasteiger partial charge in [0.15, 0.2) is 0 Å². The minimum Gasteiger partial charge on any atom is -0.507 e. The molecular weight excluding hydrogens is 222 g/mol. The van der Waals surface area contributed by atoms with Gasteiger partial charge in [-0.25, -0.2) is 0 Å². The Labute approximate surface area is 97.6 Å². The van der Waals surface area contributed by atoms with Gasteiger partial charge in [-0.3, -0.25) is 14.9 Å². The SMILES string of the molecule is CN1CC(=O)NC1=NC(=O)c1ccccc1O. The van der Waals surface area contributed by atoms with Gasteiger partial charge in [-0.05, 0) is 12.1 Å². The van der Waals surface area contributed by atoms with Gasteiger partial charge in [-0.2, -0.15) is 4.99 Å². The maximum Gasteiger partial charge on any atom is 0.283 e. The van der Waals surface area contributed by atoms with E-state index in [4.69, 9.17) is 0 Å². The van der Waals surface area contributed by atoms with Crippen molar-refractivity contribution in [2.75, 3.05) is 13.6 Å². The molecule has 6 heteroatoms. The first-order chi connectivity index (χ1) is 8.08. The average molecular weight is 233 g/mol. The molecule has 2 rings (SSSR count). The number of nitrogens with one attached hydrogen (secondary N) is 1. The molecule has 0 bridgehead atoms. The second-order valence-corrected chi connectivity index (χ2v) is 3.66. The smallest absolute Gasteiger partial charge is 0.283 e. The van der Waals surface area contributed by atoms with Crippen molar-refractivity contribution in [2.24, 2.45) is 4.99 Å². The summed E-state index contributed by atoms with van der Waals surface area (Å²) in [6, 6.07) is 6.12. The van der Waals surface area contributed by atoms with Crippen molar-refractivity contribution in [2.45, 2.75) is 0 Å². The van der Waals surface area contributed by atoms with Crippen LogP contribution in [0.15, 0.2) is 29.3 Å². The second-order valence-electron chi connectivity index (χ2n) is 3.66. The van der Waals surface area contributed by atoms with Crippen LogP contribution in [-0.2, 0) is 4.79 Å². The van der Waals surface area contributed by atoms with Crippen molar-refractivity contribution >= 4 is 17.8 Å². The van der Waals surface area contributed by atoms with Crippen molar-refractivity contribution in [3.05, 3.63) is 29.8 Å². The van der Waals surface area contributed by atoms with Gasteiger partial charge >= 0.3 is 0 Å². The first kappa shape index (κ1) is 11.1. The summed E-state index contributed by atoms with van der Waals surface area (Å²) in [4.78, 5) is 28.1. The van der Waals surface area contributed by atoms with Gasteiger partial charge in [0.1, 0.15) is 5.75 Å². The largest absolute Gasteiger partial charge is 0.507 e. The first-order valence-corrected chi connectivity index (χ1v) is 5.00. The van der Waals surface area contributed by atoms with Gasteiger partial charge in [0.05, 0.1) is 12.1 Å². The van der Waals surface area contributed by atoms with Crippen LogP contribution in [0.4, 0.5) is 0 Å². The lowest BCUT2D eigenvalue weighted by atomic mass is 10.2. The van der Waals surface area contributed by atoms with Crippen LogP contribution in [-0.4, -0.2) is 41.4 Å². The highest BCUT2D eigenvalue weighted by Crippen LogP contribution is 2.16. The predicted molar refractivity (Wildman–Crippen MR) is 60.6 cm³/mol. The summed E-state index contributed by atoms with van der Waals surface area (Å²) in [5.74, 6) is -0.736. The van der Waals surface area contributed by atoms with Crippen LogP contribution < -0.4 is 5.32 Å². The van der Waals surface area contributed by atoms with E-state index in [9.17, 15) is 14.7 Å². The number of rotatable bonds is 1. The number of para-hydroxylation sites is 1. The average Bonchev–Trinajstić information content (AvgIpc) is 2.58. The summed E-state index contributed by atoms with van der Waals surface area (Å²) in [5, 5.41) is 11.9. The zero-order valence-electron chi connectivity index (χ0n) is 9.17. The molecule has 6 nitrogen and oxygen atoms in total. The number of hydrogen-bond acceptors (Lipinski definition) is 3. The lowest BCUT2D eigenvalue weighted by Gasteiger charge is -2.07. The Kier molecular flexibility index (Phi) is 2.78. The van der Waals surface area contributed by atoms with Crippen molar-refractivity contribution in [3.63, 3.8) is 0 Å². The molecule has 1 saturated heterocycles. The Bertz CT molecular complexity index is 510. The molecule has 1 aromatic carbocycles. The minimum absolute atomic E-state index is 0.106. The fourth-order valence-electron chi connectivity index (χ4n) is 1.47. The van der Waals surface area contributed by atoms with E-state index in [0.717, 1.165) is 0 Å². The third-order valence-electron chi connectivity index (χ3n) is 2.34. The zero-order valence-corrected chi connectivity index (χ0v) is 9.17. The molecule has 0 aromatic heterocycles. The van der Waals surface area contributed by atoms with Crippen molar-refractivity contribution < 1.29 is 14.7 Å². The van der Waals surface area contributed by atoms with Crippen molar-refractivity contribution in [3.8, 4) is 5.75 Å². The number of carbonyl (C=O) groups is 2. The standard InChI is InChI=1S/C11H11N3O3/c1-14-6-9(16)12-11(14)13-10(17)7-4-2-3-5-8(7)15/h2-5,15H,6H2,1H3,(H,12,13,16,17). The molecule has 88 valence electrons. The molecular formula is C11H11N3O3. The number of aliphatic imine (C=N–C) groups is 1. The molecule has 1 fully saturated rings. The quantitative estimate of drug-likeness (QED) is 0.712. The van der Waals surface area contributed by atoms with E-state index in [2.05, 4.69) is 10.3 Å². The molecule has 0 spiro atoms. The maximum atomic E-state index is 11.7. The number of amides is 2. The second kappa shape index (κ2) is 4.25. The Morgan fingerprint density at radius 3 is 2.76 bits per heavy atom. The van der Waals surface area contributed by atoms with E-state index in [1.807, 2.05) is 0 Å². The number of nitrogens with zero attached hydrogens (tertiary/aromatic N) is 2. The lowest BCUT2D eigenvalue weighted by Crippen LogP contribution is -2.28. The molecule has 1 aliphatic rings. The van der Waals surface area contributed by atoms with Crippen LogP contribution in [0.25, 0.3) is 0 Å². The van der Waals surface area contributed by atoms with Gasteiger partial charge in [0, 0.05) is 7.05 Å². The Hall–Kier alpha value is -2.37. The van der Waals surface area contributed by atoms with E-state index in [1.165, 1.54) is 17.0 Å². The number of hydrogen-bond donors (Lipinski definition) is 2. The van der Waals surface area contributed by atoms with Crippen molar-refractivity contribution in [1.29, 1.82) is 0 Å². The molecule has 1 heterocycles. The summed E-state index contributed by atoms with van der Waals surface area (Å²) < 4.78 is 0.